The summed E-state index contributed by atoms with van der Waals surface area (Å²) < 4.78 is 10.2. The molecule has 14 heavy (non-hydrogen) atoms. The standard InChI is InChI=1S/C11H18O3/c1-3-14-11(12)9(2)8-10-4-6-13-7-5-10/h8,10H,3-7H2,1-2H3/b9-8-. The molecular formula is C11H18O3. The smallest absolute Gasteiger partial charge is 0.333 e. The largest absolute Gasteiger partial charge is 0.463 e. The fourth-order valence-corrected chi connectivity index (χ4v) is 1.55. The van der Waals surface area contributed by atoms with Gasteiger partial charge in [0.1, 0.15) is 0 Å². The van der Waals surface area contributed by atoms with Gasteiger partial charge in [0.15, 0.2) is 0 Å². The molecule has 0 radical (unpaired) electrons. The summed E-state index contributed by atoms with van der Waals surface area (Å²) in [6.45, 7) is 5.68. The fraction of sp³-hybridized carbons (Fsp3) is 0.727. The van der Waals surface area contributed by atoms with Crippen LogP contribution in [-0.4, -0.2) is 25.8 Å². The quantitative estimate of drug-likeness (QED) is 0.513. The Kier molecular flexibility index (Phi) is 4.66. The van der Waals surface area contributed by atoms with Crippen LogP contribution in [0.3, 0.4) is 0 Å². The number of rotatable bonds is 3. The van der Waals surface area contributed by atoms with Gasteiger partial charge in [-0.2, -0.15) is 0 Å². The van der Waals surface area contributed by atoms with Gasteiger partial charge in [-0.05, 0) is 32.6 Å². The molecule has 1 aliphatic heterocycles. The third-order valence-corrected chi connectivity index (χ3v) is 2.35. The zero-order valence-corrected chi connectivity index (χ0v) is 8.91. The van der Waals surface area contributed by atoms with Crippen molar-refractivity contribution in [2.45, 2.75) is 26.7 Å². The Labute approximate surface area is 85.1 Å². The van der Waals surface area contributed by atoms with Gasteiger partial charge in [-0.1, -0.05) is 6.08 Å². The van der Waals surface area contributed by atoms with E-state index in [0.717, 1.165) is 31.6 Å². The molecule has 1 aliphatic rings. The van der Waals surface area contributed by atoms with E-state index < -0.39 is 0 Å². The molecule has 0 unspecified atom stereocenters. The second-order valence-electron chi connectivity index (χ2n) is 3.52. The van der Waals surface area contributed by atoms with Gasteiger partial charge < -0.3 is 9.47 Å². The highest BCUT2D eigenvalue weighted by Crippen LogP contribution is 2.17. The summed E-state index contributed by atoms with van der Waals surface area (Å²) in [6.07, 6.45) is 4.04. The molecule has 3 heteroatoms. The first-order valence-corrected chi connectivity index (χ1v) is 5.17. The SMILES string of the molecule is CCOC(=O)/C(C)=C\C1CCOCC1. The van der Waals surface area contributed by atoms with E-state index in [0.29, 0.717) is 12.5 Å². The molecule has 80 valence electrons. The number of esters is 1. The van der Waals surface area contributed by atoms with Crippen LogP contribution >= 0.6 is 0 Å². The van der Waals surface area contributed by atoms with Gasteiger partial charge >= 0.3 is 5.97 Å². The first kappa shape index (κ1) is 11.2. The third-order valence-electron chi connectivity index (χ3n) is 2.35. The monoisotopic (exact) mass is 198 g/mol. The van der Waals surface area contributed by atoms with Crippen molar-refractivity contribution in [3.8, 4) is 0 Å². The van der Waals surface area contributed by atoms with Crippen LogP contribution < -0.4 is 0 Å². The van der Waals surface area contributed by atoms with Gasteiger partial charge in [-0.3, -0.25) is 0 Å². The number of hydrogen-bond donors (Lipinski definition) is 0. The van der Waals surface area contributed by atoms with Crippen LogP contribution in [0.15, 0.2) is 11.6 Å². The molecule has 0 bridgehead atoms. The Hall–Kier alpha value is -0.830. The maximum Gasteiger partial charge on any atom is 0.333 e. The average molecular weight is 198 g/mol. The van der Waals surface area contributed by atoms with E-state index in [4.69, 9.17) is 9.47 Å². The minimum absolute atomic E-state index is 0.195. The summed E-state index contributed by atoms with van der Waals surface area (Å²) in [7, 11) is 0. The van der Waals surface area contributed by atoms with Gasteiger partial charge in [0.25, 0.3) is 0 Å². The molecular weight excluding hydrogens is 180 g/mol. The van der Waals surface area contributed by atoms with Crippen molar-refractivity contribution in [2.24, 2.45) is 5.92 Å². The van der Waals surface area contributed by atoms with Gasteiger partial charge in [0, 0.05) is 18.8 Å². The van der Waals surface area contributed by atoms with Crippen molar-refractivity contribution < 1.29 is 14.3 Å². The van der Waals surface area contributed by atoms with Crippen LogP contribution in [0.5, 0.6) is 0 Å². The molecule has 0 aromatic rings. The molecule has 1 fully saturated rings. The molecule has 1 heterocycles. The molecule has 0 aliphatic carbocycles. The normalized spacial score (nSPS) is 19.4. The predicted molar refractivity (Wildman–Crippen MR) is 53.9 cm³/mol. The van der Waals surface area contributed by atoms with Gasteiger partial charge in [-0.25, -0.2) is 4.79 Å². The van der Waals surface area contributed by atoms with Crippen molar-refractivity contribution in [3.63, 3.8) is 0 Å². The molecule has 0 aromatic heterocycles. The van der Waals surface area contributed by atoms with Crippen LogP contribution in [0, 0.1) is 5.92 Å². The summed E-state index contributed by atoms with van der Waals surface area (Å²) >= 11 is 0. The molecule has 0 atom stereocenters. The summed E-state index contributed by atoms with van der Waals surface area (Å²) in [5.41, 5.74) is 0.721. The minimum atomic E-state index is -0.195. The van der Waals surface area contributed by atoms with E-state index in [1.165, 1.54) is 0 Å². The molecule has 0 amide bonds. The lowest BCUT2D eigenvalue weighted by Gasteiger charge is -2.19. The van der Waals surface area contributed by atoms with E-state index in [9.17, 15) is 4.79 Å². The molecule has 1 saturated heterocycles. The molecule has 0 aromatic carbocycles. The molecule has 0 N–H and O–H groups in total. The van der Waals surface area contributed by atoms with Crippen molar-refractivity contribution >= 4 is 5.97 Å². The highest BCUT2D eigenvalue weighted by atomic mass is 16.5. The lowest BCUT2D eigenvalue weighted by Crippen LogP contribution is -2.15. The molecule has 3 nitrogen and oxygen atoms in total. The molecule has 0 spiro atoms. The average Bonchev–Trinajstić information content (AvgIpc) is 2.19. The molecule has 1 rings (SSSR count). The summed E-state index contributed by atoms with van der Waals surface area (Å²) in [6, 6.07) is 0. The van der Waals surface area contributed by atoms with E-state index in [1.807, 2.05) is 19.9 Å². The van der Waals surface area contributed by atoms with E-state index in [1.54, 1.807) is 0 Å². The Bertz CT molecular complexity index is 215. The maximum atomic E-state index is 11.3. The third kappa shape index (κ3) is 3.50. The summed E-state index contributed by atoms with van der Waals surface area (Å²) in [5.74, 6) is 0.284. The lowest BCUT2D eigenvalue weighted by atomic mass is 9.98. The van der Waals surface area contributed by atoms with Gasteiger partial charge in [0.2, 0.25) is 0 Å². The topological polar surface area (TPSA) is 35.5 Å². The van der Waals surface area contributed by atoms with E-state index in [2.05, 4.69) is 0 Å². The number of allylic oxidation sites excluding steroid dienone is 1. The fourth-order valence-electron chi connectivity index (χ4n) is 1.55. The van der Waals surface area contributed by atoms with Crippen molar-refractivity contribution in [3.05, 3.63) is 11.6 Å². The van der Waals surface area contributed by atoms with Crippen LogP contribution in [0.1, 0.15) is 26.7 Å². The number of carbonyl (C=O) groups excluding carboxylic acids is 1. The van der Waals surface area contributed by atoms with E-state index >= 15 is 0 Å². The Morgan fingerprint density at radius 3 is 2.71 bits per heavy atom. The number of carbonyl (C=O) groups is 1. The number of hydrogen-bond acceptors (Lipinski definition) is 3. The Morgan fingerprint density at radius 1 is 1.50 bits per heavy atom. The second-order valence-corrected chi connectivity index (χ2v) is 3.52. The van der Waals surface area contributed by atoms with E-state index in [-0.39, 0.29) is 5.97 Å². The van der Waals surface area contributed by atoms with Crippen molar-refractivity contribution in [2.75, 3.05) is 19.8 Å². The van der Waals surface area contributed by atoms with Crippen molar-refractivity contribution in [1.29, 1.82) is 0 Å². The van der Waals surface area contributed by atoms with Crippen LogP contribution in [0.25, 0.3) is 0 Å². The Balaban J connectivity index is 2.44. The first-order valence-electron chi connectivity index (χ1n) is 5.17. The van der Waals surface area contributed by atoms with Crippen LogP contribution in [0.4, 0.5) is 0 Å². The highest BCUT2D eigenvalue weighted by molar-refractivity contribution is 5.87. The van der Waals surface area contributed by atoms with Gasteiger partial charge in [0.05, 0.1) is 6.61 Å². The number of ether oxygens (including phenoxy) is 2. The lowest BCUT2D eigenvalue weighted by molar-refractivity contribution is -0.138. The van der Waals surface area contributed by atoms with Crippen molar-refractivity contribution in [1.82, 2.24) is 0 Å². The first-order chi connectivity index (χ1) is 6.74. The zero-order valence-electron chi connectivity index (χ0n) is 8.91. The maximum absolute atomic E-state index is 11.3. The van der Waals surface area contributed by atoms with Crippen LogP contribution in [0.2, 0.25) is 0 Å². The second kappa shape index (κ2) is 5.81. The summed E-state index contributed by atoms with van der Waals surface area (Å²) in [4.78, 5) is 11.3. The molecule has 0 saturated carbocycles. The zero-order chi connectivity index (χ0) is 10.4. The Morgan fingerprint density at radius 2 is 2.14 bits per heavy atom. The highest BCUT2D eigenvalue weighted by Gasteiger charge is 2.13. The predicted octanol–water partition coefficient (Wildman–Crippen LogP) is 1.92. The summed E-state index contributed by atoms with van der Waals surface area (Å²) in [5, 5.41) is 0. The van der Waals surface area contributed by atoms with Gasteiger partial charge in [-0.15, -0.1) is 0 Å². The van der Waals surface area contributed by atoms with Crippen LogP contribution in [-0.2, 0) is 14.3 Å². The minimum Gasteiger partial charge on any atom is -0.463 e.